The lowest BCUT2D eigenvalue weighted by atomic mass is 9.98. The van der Waals surface area contributed by atoms with E-state index >= 15 is 0 Å². The molecule has 0 spiro atoms. The third kappa shape index (κ3) is 5.43. The Bertz CT molecular complexity index is 2990. The van der Waals surface area contributed by atoms with Crippen molar-refractivity contribution in [1.82, 2.24) is 19.9 Å². The fourth-order valence-corrected chi connectivity index (χ4v) is 7.74. The van der Waals surface area contributed by atoms with Crippen LogP contribution in [0.1, 0.15) is 0 Å². The number of aromatic nitrogens is 4. The van der Waals surface area contributed by atoms with Crippen molar-refractivity contribution >= 4 is 44.1 Å². The summed E-state index contributed by atoms with van der Waals surface area (Å²) in [6.45, 7) is 0. The number of furan rings is 2. The van der Waals surface area contributed by atoms with E-state index in [4.69, 9.17) is 18.8 Å². The second-order valence-electron chi connectivity index (χ2n) is 13.9. The van der Waals surface area contributed by atoms with Gasteiger partial charge in [0.2, 0.25) is 0 Å². The van der Waals surface area contributed by atoms with Crippen molar-refractivity contribution in [1.29, 1.82) is 0 Å². The first-order valence-corrected chi connectivity index (χ1v) is 18.5. The van der Waals surface area contributed by atoms with Crippen molar-refractivity contribution in [2.75, 3.05) is 0 Å². The summed E-state index contributed by atoms with van der Waals surface area (Å²) in [5.74, 6) is 0. The minimum absolute atomic E-state index is 0.769. The van der Waals surface area contributed by atoms with Gasteiger partial charge in [-0.1, -0.05) is 97.1 Å². The van der Waals surface area contributed by atoms with Gasteiger partial charge in [0, 0.05) is 59.1 Å². The molecule has 262 valence electrons. The Morgan fingerprint density at radius 2 is 0.696 bits per heavy atom. The predicted molar refractivity (Wildman–Crippen MR) is 225 cm³/mol. The van der Waals surface area contributed by atoms with Gasteiger partial charge in [0.15, 0.2) is 11.2 Å². The standard InChI is InChI=1S/C50H30N4O2/c1-3-39(29-51-23-1)33-9-5-31(6-10-33)37-17-19-45-43(27-37)47-49(55-45)41(21-25-53-47)35-13-15-36(16-14-35)42-22-26-54-48-44-28-38(18-20-46(44)56-50(42)48)32-7-11-34(12-8-32)40-4-2-24-52-30-40/h1-30H. The largest absolute Gasteiger partial charge is 0.454 e. The van der Waals surface area contributed by atoms with Gasteiger partial charge in [0.05, 0.1) is 0 Å². The van der Waals surface area contributed by atoms with E-state index in [1.165, 1.54) is 0 Å². The number of fused-ring (bicyclic) bond motifs is 6. The highest BCUT2D eigenvalue weighted by atomic mass is 16.3. The first-order chi connectivity index (χ1) is 27.7. The maximum Gasteiger partial charge on any atom is 0.161 e. The van der Waals surface area contributed by atoms with Crippen molar-refractivity contribution in [3.8, 4) is 66.8 Å². The summed E-state index contributed by atoms with van der Waals surface area (Å²) < 4.78 is 13.0. The molecule has 0 saturated heterocycles. The molecule has 0 unspecified atom stereocenters. The lowest BCUT2D eigenvalue weighted by Gasteiger charge is -2.06. The van der Waals surface area contributed by atoms with Crippen LogP contribution in [0, 0.1) is 0 Å². The monoisotopic (exact) mass is 718 g/mol. The van der Waals surface area contributed by atoms with Gasteiger partial charge in [0.25, 0.3) is 0 Å². The molecule has 0 fully saturated rings. The van der Waals surface area contributed by atoms with Gasteiger partial charge < -0.3 is 8.83 Å². The van der Waals surface area contributed by atoms with E-state index < -0.39 is 0 Å². The van der Waals surface area contributed by atoms with Crippen LogP contribution in [0.4, 0.5) is 0 Å². The Balaban J connectivity index is 0.902. The zero-order valence-corrected chi connectivity index (χ0v) is 29.9. The van der Waals surface area contributed by atoms with E-state index in [1.807, 2.05) is 61.2 Å². The van der Waals surface area contributed by atoms with E-state index in [0.29, 0.717) is 0 Å². The van der Waals surface area contributed by atoms with Gasteiger partial charge in [-0.2, -0.15) is 0 Å². The predicted octanol–water partition coefficient (Wildman–Crippen LogP) is 13.1. The second kappa shape index (κ2) is 13.0. The summed E-state index contributed by atoms with van der Waals surface area (Å²) in [6.07, 6.45) is 11.1. The minimum Gasteiger partial charge on any atom is -0.454 e. The summed E-state index contributed by atoms with van der Waals surface area (Å²) >= 11 is 0. The maximum atomic E-state index is 6.48. The van der Waals surface area contributed by atoms with Crippen molar-refractivity contribution in [3.63, 3.8) is 0 Å². The normalized spacial score (nSPS) is 11.6. The van der Waals surface area contributed by atoms with Crippen molar-refractivity contribution in [3.05, 3.63) is 183 Å². The van der Waals surface area contributed by atoms with Gasteiger partial charge in [-0.3, -0.25) is 19.9 Å². The van der Waals surface area contributed by atoms with Crippen LogP contribution >= 0.6 is 0 Å². The van der Waals surface area contributed by atoms with Gasteiger partial charge in [-0.05, 0) is 104 Å². The Labute approximate surface area is 321 Å². The second-order valence-corrected chi connectivity index (χ2v) is 13.9. The topological polar surface area (TPSA) is 77.8 Å². The van der Waals surface area contributed by atoms with Gasteiger partial charge in [-0.25, -0.2) is 0 Å². The number of benzene rings is 5. The average molecular weight is 719 g/mol. The molecule has 6 heteroatoms. The van der Waals surface area contributed by atoms with E-state index in [2.05, 4.69) is 119 Å². The van der Waals surface area contributed by atoms with Crippen LogP contribution in [0.5, 0.6) is 0 Å². The van der Waals surface area contributed by atoms with E-state index in [9.17, 15) is 0 Å². The van der Waals surface area contributed by atoms with Gasteiger partial charge >= 0.3 is 0 Å². The fourth-order valence-electron chi connectivity index (χ4n) is 7.74. The molecule has 0 aliphatic heterocycles. The molecule has 6 nitrogen and oxygen atoms in total. The summed E-state index contributed by atoms with van der Waals surface area (Å²) in [6, 6.07) is 50.4. The van der Waals surface area contributed by atoms with Gasteiger partial charge in [-0.15, -0.1) is 0 Å². The van der Waals surface area contributed by atoms with Crippen molar-refractivity contribution in [2.24, 2.45) is 0 Å². The molecule has 0 saturated carbocycles. The molecule has 0 amide bonds. The molecule has 11 aromatic rings. The molecule has 0 aliphatic carbocycles. The molecule has 11 rings (SSSR count). The zero-order valence-electron chi connectivity index (χ0n) is 29.9. The quantitative estimate of drug-likeness (QED) is 0.170. The number of rotatable bonds is 6. The van der Waals surface area contributed by atoms with Crippen LogP contribution in [0.15, 0.2) is 192 Å². The number of pyridine rings is 4. The summed E-state index contributed by atoms with van der Waals surface area (Å²) in [4.78, 5) is 18.1. The van der Waals surface area contributed by atoms with E-state index in [0.717, 1.165) is 111 Å². The highest BCUT2D eigenvalue weighted by Crippen LogP contribution is 2.40. The fraction of sp³-hybridized carbons (Fsp3) is 0. The summed E-state index contributed by atoms with van der Waals surface area (Å²) in [5.41, 5.74) is 17.8. The Morgan fingerprint density at radius 3 is 1.09 bits per heavy atom. The third-order valence-corrected chi connectivity index (χ3v) is 10.6. The van der Waals surface area contributed by atoms with E-state index in [-0.39, 0.29) is 0 Å². The Hall–Kier alpha value is -7.70. The summed E-state index contributed by atoms with van der Waals surface area (Å²) in [7, 11) is 0. The minimum atomic E-state index is 0.769. The Morgan fingerprint density at radius 1 is 0.321 bits per heavy atom. The zero-order chi connectivity index (χ0) is 37.0. The maximum absolute atomic E-state index is 6.48. The van der Waals surface area contributed by atoms with Crippen LogP contribution in [-0.4, -0.2) is 19.9 Å². The molecule has 5 aromatic carbocycles. The molecular weight excluding hydrogens is 689 g/mol. The van der Waals surface area contributed by atoms with Crippen LogP contribution in [0.2, 0.25) is 0 Å². The molecule has 0 radical (unpaired) electrons. The smallest absolute Gasteiger partial charge is 0.161 e. The lowest BCUT2D eigenvalue weighted by molar-refractivity contribution is 0.669. The van der Waals surface area contributed by atoms with Crippen molar-refractivity contribution in [2.45, 2.75) is 0 Å². The number of hydrogen-bond acceptors (Lipinski definition) is 6. The lowest BCUT2D eigenvalue weighted by Crippen LogP contribution is -1.84. The molecule has 0 N–H and O–H groups in total. The van der Waals surface area contributed by atoms with Crippen LogP contribution < -0.4 is 0 Å². The first kappa shape index (κ1) is 31.8. The average Bonchev–Trinajstić information content (AvgIpc) is 3.85. The first-order valence-electron chi connectivity index (χ1n) is 18.5. The summed E-state index contributed by atoms with van der Waals surface area (Å²) in [5, 5.41) is 1.97. The molecule has 0 atom stereocenters. The van der Waals surface area contributed by atoms with Gasteiger partial charge in [0.1, 0.15) is 22.2 Å². The SMILES string of the molecule is c1cncc(-c2ccc(-c3ccc4oc5c(-c6ccc(-c7ccnc8c7oc7ccc(-c9ccc(-c%10cccnc%10)cc9)cc78)cc6)ccnc5c4c3)cc2)c1. The molecule has 56 heavy (non-hydrogen) atoms. The molecule has 0 bridgehead atoms. The van der Waals surface area contributed by atoms with Crippen LogP contribution in [-0.2, 0) is 0 Å². The highest BCUT2D eigenvalue weighted by molar-refractivity contribution is 6.10. The molecule has 6 heterocycles. The highest BCUT2D eigenvalue weighted by Gasteiger charge is 2.17. The van der Waals surface area contributed by atoms with E-state index in [1.54, 1.807) is 12.4 Å². The molecular formula is C50H30N4O2. The Kier molecular flexibility index (Phi) is 7.38. The van der Waals surface area contributed by atoms with Crippen molar-refractivity contribution < 1.29 is 8.83 Å². The molecule has 0 aliphatic rings. The van der Waals surface area contributed by atoms with Crippen LogP contribution in [0.25, 0.3) is 111 Å². The number of nitrogens with zero attached hydrogens (tertiary/aromatic N) is 4. The van der Waals surface area contributed by atoms with Crippen LogP contribution in [0.3, 0.4) is 0 Å². The number of hydrogen-bond donors (Lipinski definition) is 0. The molecule has 6 aromatic heterocycles. The third-order valence-electron chi connectivity index (χ3n) is 10.6.